The van der Waals surface area contributed by atoms with Crippen LogP contribution in [-0.4, -0.2) is 42.9 Å². The van der Waals surface area contributed by atoms with Gasteiger partial charge in [0.2, 0.25) is 5.91 Å². The predicted octanol–water partition coefficient (Wildman–Crippen LogP) is 2.69. The molecule has 0 aromatic heterocycles. The molecule has 5 nitrogen and oxygen atoms in total. The molecule has 0 aliphatic carbocycles. The lowest BCUT2D eigenvalue weighted by molar-refractivity contribution is -0.115. The minimum absolute atomic E-state index is 0.0413. The third-order valence-electron chi connectivity index (χ3n) is 4.51. The zero-order chi connectivity index (χ0) is 18.2. The van der Waals surface area contributed by atoms with E-state index in [-0.39, 0.29) is 18.4 Å². The zero-order valence-electron chi connectivity index (χ0n) is 14.9. The van der Waals surface area contributed by atoms with Crippen LogP contribution in [0.2, 0.25) is 0 Å². The molecule has 0 unspecified atom stereocenters. The maximum atomic E-state index is 12.4. The average Bonchev–Trinajstić information content (AvgIpc) is 3.20. The summed E-state index contributed by atoms with van der Waals surface area (Å²) in [6.45, 7) is 2.63. The largest absolute Gasteiger partial charge is 0.339 e. The molecule has 1 saturated heterocycles. The minimum atomic E-state index is -0.108. The molecule has 1 aliphatic rings. The van der Waals surface area contributed by atoms with Gasteiger partial charge in [0.1, 0.15) is 0 Å². The summed E-state index contributed by atoms with van der Waals surface area (Å²) in [5.41, 5.74) is 2.53. The first-order chi connectivity index (χ1) is 12.7. The van der Waals surface area contributed by atoms with E-state index in [0.717, 1.165) is 38.9 Å². The summed E-state index contributed by atoms with van der Waals surface area (Å²) < 4.78 is 0. The molecule has 1 heterocycles. The third kappa shape index (κ3) is 5.17. The number of hydrogen-bond donors (Lipinski definition) is 2. The van der Waals surface area contributed by atoms with Crippen molar-refractivity contribution in [2.75, 3.05) is 31.5 Å². The van der Waals surface area contributed by atoms with Crippen molar-refractivity contribution in [3.63, 3.8) is 0 Å². The Morgan fingerprint density at radius 3 is 2.50 bits per heavy atom. The normalized spacial score (nSPS) is 13.6. The van der Waals surface area contributed by atoms with Crippen molar-refractivity contribution >= 4 is 17.5 Å². The van der Waals surface area contributed by atoms with Crippen molar-refractivity contribution in [1.82, 2.24) is 10.2 Å². The van der Waals surface area contributed by atoms with Gasteiger partial charge >= 0.3 is 0 Å². The van der Waals surface area contributed by atoms with Crippen molar-refractivity contribution in [3.8, 4) is 0 Å². The van der Waals surface area contributed by atoms with Crippen LogP contribution in [0, 0.1) is 0 Å². The van der Waals surface area contributed by atoms with E-state index in [4.69, 9.17) is 0 Å². The van der Waals surface area contributed by atoms with Gasteiger partial charge in [-0.2, -0.15) is 0 Å². The van der Waals surface area contributed by atoms with Crippen LogP contribution in [0.25, 0.3) is 0 Å². The monoisotopic (exact) mass is 351 g/mol. The molecule has 2 aromatic carbocycles. The molecule has 0 spiro atoms. The predicted molar refractivity (Wildman–Crippen MR) is 103 cm³/mol. The summed E-state index contributed by atoms with van der Waals surface area (Å²) in [5, 5.41) is 6.00. The first kappa shape index (κ1) is 18.1. The number of hydrogen-bond acceptors (Lipinski definition) is 3. The Bertz CT molecular complexity index is 740. The number of anilines is 1. The van der Waals surface area contributed by atoms with Crippen LogP contribution < -0.4 is 10.6 Å². The Kier molecular flexibility index (Phi) is 6.39. The lowest BCUT2D eigenvalue weighted by Gasteiger charge is -2.15. The van der Waals surface area contributed by atoms with Crippen LogP contribution in [0.1, 0.15) is 28.8 Å². The molecule has 3 rings (SSSR count). The maximum absolute atomic E-state index is 12.4. The summed E-state index contributed by atoms with van der Waals surface area (Å²) in [4.78, 5) is 26.4. The van der Waals surface area contributed by atoms with Crippen LogP contribution in [-0.2, 0) is 11.2 Å². The minimum Gasteiger partial charge on any atom is -0.339 e. The van der Waals surface area contributed by atoms with Crippen LogP contribution in [0.5, 0.6) is 0 Å². The second-order valence-electron chi connectivity index (χ2n) is 6.54. The van der Waals surface area contributed by atoms with Crippen molar-refractivity contribution < 1.29 is 9.59 Å². The Morgan fingerprint density at radius 1 is 0.962 bits per heavy atom. The van der Waals surface area contributed by atoms with Gasteiger partial charge in [-0.3, -0.25) is 9.59 Å². The maximum Gasteiger partial charge on any atom is 0.253 e. The van der Waals surface area contributed by atoms with E-state index in [1.54, 1.807) is 12.1 Å². The van der Waals surface area contributed by atoms with Crippen molar-refractivity contribution in [3.05, 3.63) is 65.7 Å². The number of amides is 2. The van der Waals surface area contributed by atoms with Crippen LogP contribution in [0.15, 0.2) is 54.6 Å². The number of nitrogens with zero attached hydrogens (tertiary/aromatic N) is 1. The number of rotatable bonds is 7. The van der Waals surface area contributed by atoms with Gasteiger partial charge in [0.15, 0.2) is 0 Å². The third-order valence-corrected chi connectivity index (χ3v) is 4.51. The molecule has 2 aromatic rings. The molecule has 1 fully saturated rings. The highest BCUT2D eigenvalue weighted by atomic mass is 16.2. The van der Waals surface area contributed by atoms with Gasteiger partial charge in [0, 0.05) is 24.3 Å². The van der Waals surface area contributed by atoms with E-state index in [2.05, 4.69) is 22.8 Å². The molecule has 2 amide bonds. The molecule has 0 saturated carbocycles. The lowest BCUT2D eigenvalue weighted by atomic mass is 10.1. The number of likely N-dealkylation sites (tertiary alicyclic amines) is 1. The van der Waals surface area contributed by atoms with Gasteiger partial charge in [-0.05, 0) is 49.6 Å². The molecule has 136 valence electrons. The number of carbonyl (C=O) groups is 2. The summed E-state index contributed by atoms with van der Waals surface area (Å²) in [6.07, 6.45) is 3.02. The van der Waals surface area contributed by atoms with E-state index in [1.807, 2.05) is 35.2 Å². The standard InChI is InChI=1S/C21H25N3O2/c25-20(16-22-12-11-17-7-2-1-3-8-17)23-19-10-6-9-18(15-19)21(26)24-13-4-5-14-24/h1-3,6-10,15,22H,4-5,11-14,16H2,(H,23,25). The zero-order valence-corrected chi connectivity index (χ0v) is 14.9. The SMILES string of the molecule is O=C(CNCCc1ccccc1)Nc1cccc(C(=O)N2CCCC2)c1. The van der Waals surface area contributed by atoms with Gasteiger partial charge in [-0.15, -0.1) is 0 Å². The van der Waals surface area contributed by atoms with E-state index >= 15 is 0 Å². The molecular formula is C21H25N3O2. The Labute approximate surface area is 154 Å². The molecule has 0 radical (unpaired) electrons. The quantitative estimate of drug-likeness (QED) is 0.754. The fraction of sp³-hybridized carbons (Fsp3) is 0.333. The summed E-state index contributed by atoms with van der Waals surface area (Å²) in [7, 11) is 0. The first-order valence-corrected chi connectivity index (χ1v) is 9.16. The molecular weight excluding hydrogens is 326 g/mol. The fourth-order valence-electron chi connectivity index (χ4n) is 3.12. The average molecular weight is 351 g/mol. The van der Waals surface area contributed by atoms with Gasteiger partial charge in [0.05, 0.1) is 6.54 Å². The van der Waals surface area contributed by atoms with Gasteiger partial charge in [-0.25, -0.2) is 0 Å². The van der Waals surface area contributed by atoms with Crippen LogP contribution in [0.3, 0.4) is 0 Å². The molecule has 26 heavy (non-hydrogen) atoms. The second kappa shape index (κ2) is 9.15. The molecule has 0 bridgehead atoms. The highest BCUT2D eigenvalue weighted by Gasteiger charge is 2.19. The Balaban J connectivity index is 1.45. The Morgan fingerprint density at radius 2 is 1.73 bits per heavy atom. The number of nitrogens with one attached hydrogen (secondary N) is 2. The first-order valence-electron chi connectivity index (χ1n) is 9.16. The van der Waals surface area contributed by atoms with E-state index < -0.39 is 0 Å². The summed E-state index contributed by atoms with van der Waals surface area (Å²) in [5.74, 6) is -0.0663. The summed E-state index contributed by atoms with van der Waals surface area (Å²) >= 11 is 0. The molecule has 1 aliphatic heterocycles. The van der Waals surface area contributed by atoms with Gasteiger partial charge < -0.3 is 15.5 Å². The Hall–Kier alpha value is -2.66. The second-order valence-corrected chi connectivity index (χ2v) is 6.54. The molecule has 5 heteroatoms. The number of carbonyl (C=O) groups excluding carboxylic acids is 2. The van der Waals surface area contributed by atoms with Crippen molar-refractivity contribution in [2.45, 2.75) is 19.3 Å². The topological polar surface area (TPSA) is 61.4 Å². The smallest absolute Gasteiger partial charge is 0.253 e. The van der Waals surface area contributed by atoms with E-state index in [9.17, 15) is 9.59 Å². The summed E-state index contributed by atoms with van der Waals surface area (Å²) in [6, 6.07) is 17.3. The van der Waals surface area contributed by atoms with Crippen molar-refractivity contribution in [1.29, 1.82) is 0 Å². The molecule has 0 atom stereocenters. The van der Waals surface area contributed by atoms with Gasteiger partial charge in [-0.1, -0.05) is 36.4 Å². The van der Waals surface area contributed by atoms with E-state index in [1.165, 1.54) is 5.56 Å². The molecule has 2 N–H and O–H groups in total. The van der Waals surface area contributed by atoms with Crippen LogP contribution >= 0.6 is 0 Å². The van der Waals surface area contributed by atoms with E-state index in [0.29, 0.717) is 11.3 Å². The lowest BCUT2D eigenvalue weighted by Crippen LogP contribution is -2.30. The van der Waals surface area contributed by atoms with Crippen molar-refractivity contribution in [2.24, 2.45) is 0 Å². The number of benzene rings is 2. The fourth-order valence-corrected chi connectivity index (χ4v) is 3.12. The highest BCUT2D eigenvalue weighted by Crippen LogP contribution is 2.16. The highest BCUT2D eigenvalue weighted by molar-refractivity contribution is 5.97. The van der Waals surface area contributed by atoms with Gasteiger partial charge in [0.25, 0.3) is 5.91 Å². The van der Waals surface area contributed by atoms with Crippen LogP contribution in [0.4, 0.5) is 5.69 Å².